The van der Waals surface area contributed by atoms with Gasteiger partial charge in [0, 0.05) is 0 Å². The largest absolute Gasteiger partial charge is 0.466 e. The van der Waals surface area contributed by atoms with Crippen molar-refractivity contribution < 1.29 is 28.5 Å². The van der Waals surface area contributed by atoms with Crippen LogP contribution in [0, 0.1) is 0 Å². The van der Waals surface area contributed by atoms with Crippen molar-refractivity contribution >= 4 is 11.9 Å². The lowest BCUT2D eigenvalue weighted by molar-refractivity contribution is -0.252. The third kappa shape index (κ3) is 7.75. The first-order chi connectivity index (χ1) is 10.6. The summed E-state index contributed by atoms with van der Waals surface area (Å²) in [6, 6.07) is 0. The van der Waals surface area contributed by atoms with Crippen molar-refractivity contribution in [3.63, 3.8) is 0 Å². The second-order valence-corrected chi connectivity index (χ2v) is 4.86. The van der Waals surface area contributed by atoms with Crippen LogP contribution >= 0.6 is 0 Å². The standard InChI is InChI=1S/C16H30O6/c1-5-9-11-21-16(15(18)20-8-4,22-12-10-6-2)13-14(17)19-7-3/h5-13H2,1-4H3. The van der Waals surface area contributed by atoms with Gasteiger partial charge < -0.3 is 18.9 Å². The third-order valence-corrected chi connectivity index (χ3v) is 2.94. The van der Waals surface area contributed by atoms with Crippen LogP contribution in [0.5, 0.6) is 0 Å². The number of carbonyl (C=O) groups excluding carboxylic acids is 2. The molecule has 0 bridgehead atoms. The van der Waals surface area contributed by atoms with Crippen LogP contribution in [0.1, 0.15) is 59.8 Å². The van der Waals surface area contributed by atoms with Gasteiger partial charge in [-0.15, -0.1) is 0 Å². The van der Waals surface area contributed by atoms with Gasteiger partial charge in [-0.05, 0) is 26.7 Å². The van der Waals surface area contributed by atoms with E-state index in [0.29, 0.717) is 13.2 Å². The van der Waals surface area contributed by atoms with Gasteiger partial charge in [0.05, 0.1) is 26.4 Å². The van der Waals surface area contributed by atoms with Crippen LogP contribution in [0.25, 0.3) is 0 Å². The minimum atomic E-state index is -1.70. The number of hydrogen-bond donors (Lipinski definition) is 0. The Morgan fingerprint density at radius 3 is 1.73 bits per heavy atom. The predicted molar refractivity (Wildman–Crippen MR) is 82.3 cm³/mol. The lowest BCUT2D eigenvalue weighted by Crippen LogP contribution is -2.48. The van der Waals surface area contributed by atoms with Gasteiger partial charge in [0.15, 0.2) is 0 Å². The zero-order valence-electron chi connectivity index (χ0n) is 14.3. The van der Waals surface area contributed by atoms with E-state index in [4.69, 9.17) is 18.9 Å². The molecule has 6 heteroatoms. The van der Waals surface area contributed by atoms with E-state index >= 15 is 0 Å². The molecule has 0 aliphatic heterocycles. The van der Waals surface area contributed by atoms with Gasteiger partial charge in [-0.1, -0.05) is 26.7 Å². The van der Waals surface area contributed by atoms with Crippen LogP contribution in [-0.2, 0) is 28.5 Å². The molecule has 0 aromatic rings. The molecular weight excluding hydrogens is 288 g/mol. The van der Waals surface area contributed by atoms with Crippen LogP contribution in [0.3, 0.4) is 0 Å². The predicted octanol–water partition coefficient (Wildman–Crippen LogP) is 2.83. The second-order valence-electron chi connectivity index (χ2n) is 4.86. The second kappa shape index (κ2) is 12.4. The summed E-state index contributed by atoms with van der Waals surface area (Å²) < 4.78 is 21.3. The molecule has 0 aliphatic rings. The maximum atomic E-state index is 12.3. The van der Waals surface area contributed by atoms with Gasteiger partial charge in [0.2, 0.25) is 0 Å². The molecule has 0 aromatic heterocycles. The Balaban J connectivity index is 5.08. The Bertz CT molecular complexity index is 306. The number of hydrogen-bond acceptors (Lipinski definition) is 6. The molecule has 0 aromatic carbocycles. The number of esters is 2. The van der Waals surface area contributed by atoms with Gasteiger partial charge in [0.1, 0.15) is 6.42 Å². The minimum absolute atomic E-state index is 0.192. The average Bonchev–Trinajstić information content (AvgIpc) is 2.48. The summed E-state index contributed by atoms with van der Waals surface area (Å²) >= 11 is 0. The Morgan fingerprint density at radius 2 is 1.32 bits per heavy atom. The topological polar surface area (TPSA) is 71.1 Å². The first kappa shape index (κ1) is 20.9. The molecule has 6 nitrogen and oxygen atoms in total. The molecule has 0 atom stereocenters. The lowest BCUT2D eigenvalue weighted by Gasteiger charge is -2.30. The van der Waals surface area contributed by atoms with E-state index in [1.807, 2.05) is 13.8 Å². The highest BCUT2D eigenvalue weighted by atomic mass is 16.7. The van der Waals surface area contributed by atoms with Gasteiger partial charge in [0.25, 0.3) is 5.79 Å². The Labute approximate surface area is 133 Å². The zero-order valence-corrected chi connectivity index (χ0v) is 14.3. The van der Waals surface area contributed by atoms with Crippen molar-refractivity contribution in [2.45, 2.75) is 65.6 Å². The third-order valence-electron chi connectivity index (χ3n) is 2.94. The average molecular weight is 318 g/mol. The maximum absolute atomic E-state index is 12.3. The van der Waals surface area contributed by atoms with E-state index < -0.39 is 17.7 Å². The minimum Gasteiger partial charge on any atom is -0.466 e. The summed E-state index contributed by atoms with van der Waals surface area (Å²) in [5, 5.41) is 0. The van der Waals surface area contributed by atoms with E-state index in [0.717, 1.165) is 25.7 Å². The van der Waals surface area contributed by atoms with E-state index in [1.165, 1.54) is 0 Å². The molecule has 0 saturated carbocycles. The molecular formula is C16H30O6. The van der Waals surface area contributed by atoms with Crippen molar-refractivity contribution in [3.8, 4) is 0 Å². The highest BCUT2D eigenvalue weighted by Gasteiger charge is 2.45. The van der Waals surface area contributed by atoms with Crippen LogP contribution in [0.15, 0.2) is 0 Å². The molecule has 22 heavy (non-hydrogen) atoms. The van der Waals surface area contributed by atoms with Crippen molar-refractivity contribution in [2.75, 3.05) is 26.4 Å². The van der Waals surface area contributed by atoms with E-state index in [2.05, 4.69) is 0 Å². The fourth-order valence-electron chi connectivity index (χ4n) is 1.74. The molecule has 0 saturated heterocycles. The number of carbonyl (C=O) groups is 2. The van der Waals surface area contributed by atoms with Gasteiger partial charge >= 0.3 is 11.9 Å². The van der Waals surface area contributed by atoms with Gasteiger partial charge in [-0.25, -0.2) is 4.79 Å². The molecule has 0 fully saturated rings. The van der Waals surface area contributed by atoms with Crippen molar-refractivity contribution in [1.82, 2.24) is 0 Å². The normalized spacial score (nSPS) is 11.3. The Kier molecular flexibility index (Phi) is 11.8. The number of rotatable bonds is 13. The van der Waals surface area contributed by atoms with Crippen LogP contribution in [0.4, 0.5) is 0 Å². The first-order valence-electron chi connectivity index (χ1n) is 8.16. The summed E-state index contributed by atoms with van der Waals surface area (Å²) in [4.78, 5) is 24.2. The molecule has 0 aliphatic carbocycles. The van der Waals surface area contributed by atoms with Crippen molar-refractivity contribution in [2.24, 2.45) is 0 Å². The molecule has 0 spiro atoms. The molecule has 0 unspecified atom stereocenters. The molecule has 0 radical (unpaired) electrons. The van der Waals surface area contributed by atoms with E-state index in [9.17, 15) is 9.59 Å². The summed E-state index contributed by atoms with van der Waals surface area (Å²) in [6.45, 7) is 8.50. The first-order valence-corrected chi connectivity index (χ1v) is 8.16. The SMILES string of the molecule is CCCCOC(CC(=O)OCC)(OCCCC)C(=O)OCC. The summed E-state index contributed by atoms with van der Waals surface area (Å²) in [5.41, 5.74) is 0. The summed E-state index contributed by atoms with van der Waals surface area (Å²) in [5.74, 6) is -2.91. The van der Waals surface area contributed by atoms with Crippen LogP contribution < -0.4 is 0 Å². The smallest absolute Gasteiger partial charge is 0.367 e. The molecule has 0 amide bonds. The van der Waals surface area contributed by atoms with Crippen molar-refractivity contribution in [1.29, 1.82) is 0 Å². The zero-order chi connectivity index (χ0) is 16.8. The molecule has 0 N–H and O–H groups in total. The molecule has 0 rings (SSSR count). The lowest BCUT2D eigenvalue weighted by atomic mass is 10.1. The highest BCUT2D eigenvalue weighted by molar-refractivity contribution is 5.84. The number of unbranched alkanes of at least 4 members (excludes halogenated alkanes) is 2. The molecule has 130 valence electrons. The Morgan fingerprint density at radius 1 is 0.818 bits per heavy atom. The fraction of sp³-hybridized carbons (Fsp3) is 0.875. The van der Waals surface area contributed by atoms with E-state index in [1.54, 1.807) is 13.8 Å². The molecule has 0 heterocycles. The summed E-state index contributed by atoms with van der Waals surface area (Å²) in [6.07, 6.45) is 3.05. The fourth-order valence-corrected chi connectivity index (χ4v) is 1.74. The van der Waals surface area contributed by atoms with Gasteiger partial charge in [-0.3, -0.25) is 4.79 Å². The van der Waals surface area contributed by atoms with Crippen LogP contribution in [0.2, 0.25) is 0 Å². The number of ether oxygens (including phenoxy) is 4. The van der Waals surface area contributed by atoms with Gasteiger partial charge in [-0.2, -0.15) is 0 Å². The maximum Gasteiger partial charge on any atom is 0.367 e. The quantitative estimate of drug-likeness (QED) is 0.295. The van der Waals surface area contributed by atoms with Crippen molar-refractivity contribution in [3.05, 3.63) is 0 Å². The van der Waals surface area contributed by atoms with Crippen LogP contribution in [-0.4, -0.2) is 44.2 Å². The summed E-state index contributed by atoms with van der Waals surface area (Å²) in [7, 11) is 0. The Hall–Kier alpha value is -1.14. The monoisotopic (exact) mass is 318 g/mol. The highest BCUT2D eigenvalue weighted by Crippen LogP contribution is 2.23. The van der Waals surface area contributed by atoms with E-state index in [-0.39, 0.29) is 19.6 Å².